The lowest BCUT2D eigenvalue weighted by atomic mass is 9.38. The van der Waals surface area contributed by atoms with Crippen LogP contribution in [0.25, 0.3) is 0 Å². The number of hydrogen-bond acceptors (Lipinski definition) is 19. The van der Waals surface area contributed by atoms with Crippen LogP contribution in [0, 0.1) is 45.3 Å². The van der Waals surface area contributed by atoms with Gasteiger partial charge in [-0.1, -0.05) is 53.2 Å². The molecule has 0 amide bonds. The van der Waals surface area contributed by atoms with Crippen molar-refractivity contribution in [3.05, 3.63) is 11.6 Å². The molecule has 73 heavy (non-hydrogen) atoms. The van der Waals surface area contributed by atoms with Crippen LogP contribution in [0.15, 0.2) is 11.6 Å². The maximum absolute atomic E-state index is 15.2. The number of Topliss-reactive ketones (excluding diaryl/α,β-unsaturated/α-hetero) is 1. The summed E-state index contributed by atoms with van der Waals surface area (Å²) in [6.45, 7) is 15.3. The molecular weight excluding hydrogens is 953 g/mol. The van der Waals surface area contributed by atoms with Gasteiger partial charge in [-0.3, -0.25) is 4.79 Å². The van der Waals surface area contributed by atoms with Crippen molar-refractivity contribution >= 4 is 5.78 Å². The molecule has 0 bridgehead atoms. The third-order valence-electron chi connectivity index (χ3n) is 19.8. The van der Waals surface area contributed by atoms with Crippen molar-refractivity contribution in [1.82, 2.24) is 0 Å². The fourth-order valence-corrected chi connectivity index (χ4v) is 15.3. The predicted molar refractivity (Wildman–Crippen MR) is 260 cm³/mol. The number of carbonyl (C=O) groups is 1. The summed E-state index contributed by atoms with van der Waals surface area (Å²) in [5, 5.41) is 106. The van der Waals surface area contributed by atoms with Crippen LogP contribution in [0.5, 0.6) is 0 Å². The molecule has 4 aliphatic carbocycles. The maximum Gasteiger partial charge on any atom is 0.187 e. The molecule has 0 spiro atoms. The summed E-state index contributed by atoms with van der Waals surface area (Å²) in [6.07, 6.45) is -8.87. The monoisotopic (exact) mass is 1040 g/mol. The summed E-state index contributed by atoms with van der Waals surface area (Å²) in [5.74, 6) is 0.762. The lowest BCUT2D eigenvalue weighted by Crippen LogP contribution is -2.63. The average Bonchev–Trinajstić information content (AvgIpc) is 3.60. The van der Waals surface area contributed by atoms with E-state index in [0.29, 0.717) is 37.9 Å². The zero-order chi connectivity index (χ0) is 53.2. The Morgan fingerprint density at radius 2 is 1.37 bits per heavy atom. The Bertz CT molecular complexity index is 1900. The summed E-state index contributed by atoms with van der Waals surface area (Å²) in [4.78, 5) is 15.2. The zero-order valence-electron chi connectivity index (χ0n) is 44.4. The molecule has 420 valence electrons. The molecule has 0 aromatic rings. The van der Waals surface area contributed by atoms with Gasteiger partial charge in [0.15, 0.2) is 25.2 Å². The second kappa shape index (κ2) is 22.4. The molecular formula is C54H90O19. The van der Waals surface area contributed by atoms with Gasteiger partial charge >= 0.3 is 0 Å². The van der Waals surface area contributed by atoms with Crippen LogP contribution < -0.4 is 0 Å². The Morgan fingerprint density at radius 3 is 1.99 bits per heavy atom. The quantitative estimate of drug-likeness (QED) is 0.0934. The van der Waals surface area contributed by atoms with E-state index < -0.39 is 116 Å². The summed E-state index contributed by atoms with van der Waals surface area (Å²) < 4.78 is 49.3. The summed E-state index contributed by atoms with van der Waals surface area (Å²) >= 11 is 0. The van der Waals surface area contributed by atoms with Gasteiger partial charge in [0, 0.05) is 49.4 Å². The van der Waals surface area contributed by atoms with Crippen LogP contribution >= 0.6 is 0 Å². The number of allylic oxidation sites excluding steroid dienone is 1. The minimum atomic E-state index is -1.66. The van der Waals surface area contributed by atoms with Crippen molar-refractivity contribution in [1.29, 1.82) is 0 Å². The second-order valence-electron chi connectivity index (χ2n) is 25.1. The molecule has 10 N–H and O–H groups in total. The molecule has 0 radical (unpaired) electrons. The Labute approximate surface area is 430 Å². The van der Waals surface area contributed by atoms with E-state index in [1.165, 1.54) is 5.57 Å². The number of ether oxygens (including phenoxy) is 8. The number of ketones is 1. The van der Waals surface area contributed by atoms with E-state index in [2.05, 4.69) is 47.6 Å². The highest BCUT2D eigenvalue weighted by molar-refractivity contribution is 5.88. The molecule has 4 aliphatic heterocycles. The molecule has 7 fully saturated rings. The van der Waals surface area contributed by atoms with Gasteiger partial charge in [0.05, 0.1) is 74.8 Å². The van der Waals surface area contributed by atoms with E-state index in [1.54, 1.807) is 13.8 Å². The Kier molecular flexibility index (Phi) is 17.8. The zero-order valence-corrected chi connectivity index (χ0v) is 44.4. The molecule has 0 aromatic carbocycles. The van der Waals surface area contributed by atoms with E-state index in [1.807, 2.05) is 0 Å². The van der Waals surface area contributed by atoms with Crippen molar-refractivity contribution in [3.63, 3.8) is 0 Å². The number of rotatable bonds is 17. The van der Waals surface area contributed by atoms with E-state index in [0.717, 1.165) is 32.1 Å². The molecule has 8 rings (SSSR count). The minimum Gasteiger partial charge on any atom is -0.394 e. The van der Waals surface area contributed by atoms with Gasteiger partial charge in [-0.2, -0.15) is 0 Å². The van der Waals surface area contributed by atoms with Gasteiger partial charge in [-0.05, 0) is 93.3 Å². The molecule has 24 atom stereocenters. The average molecular weight is 1040 g/mol. The molecule has 9 unspecified atom stereocenters. The first-order chi connectivity index (χ1) is 34.3. The van der Waals surface area contributed by atoms with Crippen LogP contribution in [0.4, 0.5) is 0 Å². The SMILES string of the molecule is CC(CCC(O[C@@H]1O[C@H](CO[C@H]2C[C@@H](O)[C@H](O)[C@@H](CO)O2)[C@@H](O)[C@H](O)[C@H]1O[C@H]1C[C@@H](O)C[C@@H](CO)O1)C(C)(C)O)C1CCC2(C)C3CC=C4C(CCC(O[C@H]5C[C@@H](O)C[C@@H](CO)O5)C4(C)C)C3(C)C(=O)CC12C. The smallest absolute Gasteiger partial charge is 0.187 e. The Balaban J connectivity index is 0.969. The van der Waals surface area contributed by atoms with E-state index in [-0.39, 0.29) is 85.1 Å². The predicted octanol–water partition coefficient (Wildman–Crippen LogP) is 2.12. The highest BCUT2D eigenvalue weighted by Gasteiger charge is 2.70. The van der Waals surface area contributed by atoms with Crippen molar-refractivity contribution in [2.75, 3.05) is 26.4 Å². The standard InChI is InChI=1S/C54H90O19/c1-27(32-15-16-52(6)38-12-10-33-34(54(38,8)39(61)22-53(32,52)7)11-14-40(50(33,2)3)71-43-19-28(58)17-30(23-55)67-43)9-13-41(51(4,5)65)72-49-48(73-44-20-29(59)18-31(24-56)68-44)47(64)46(63)37(70-49)26-66-42-21-35(60)45(62)36(25-57)69-42/h10,27-32,34-38,40-49,55-60,62-65H,9,11-26H2,1-8H3/t27?,28-,29-,30-,31-,32?,34?,35+,36+,37+,38?,40?,41?,42+,43-,44-,45-,46+,47-,48+,49-,52?,53?,54?/m0/s1. The Morgan fingerprint density at radius 1 is 0.726 bits per heavy atom. The van der Waals surface area contributed by atoms with Crippen molar-refractivity contribution in [3.8, 4) is 0 Å². The Hall–Kier alpha value is -1.31. The van der Waals surface area contributed by atoms with Crippen molar-refractivity contribution < 1.29 is 93.8 Å². The van der Waals surface area contributed by atoms with Crippen LogP contribution in [-0.4, -0.2) is 193 Å². The maximum atomic E-state index is 15.2. The number of fused-ring (bicyclic) bond motifs is 5. The highest BCUT2D eigenvalue weighted by atomic mass is 16.8. The lowest BCUT2D eigenvalue weighted by Gasteiger charge is -2.65. The molecule has 4 saturated heterocycles. The molecule has 3 saturated carbocycles. The first-order valence-electron chi connectivity index (χ1n) is 27.4. The van der Waals surface area contributed by atoms with E-state index >= 15 is 4.79 Å². The largest absolute Gasteiger partial charge is 0.394 e. The first-order valence-corrected chi connectivity index (χ1v) is 27.4. The van der Waals surface area contributed by atoms with Crippen molar-refractivity contribution in [2.45, 2.75) is 249 Å². The van der Waals surface area contributed by atoms with Crippen LogP contribution in [0.1, 0.15) is 139 Å². The number of hydrogen-bond donors (Lipinski definition) is 10. The minimum absolute atomic E-state index is 0.00353. The van der Waals surface area contributed by atoms with Crippen LogP contribution in [-0.2, 0) is 42.7 Å². The van der Waals surface area contributed by atoms with Gasteiger partial charge in [0.2, 0.25) is 0 Å². The fourth-order valence-electron chi connectivity index (χ4n) is 15.3. The topological polar surface area (TPSA) is 293 Å². The summed E-state index contributed by atoms with van der Waals surface area (Å²) in [5.41, 5.74) is -1.60. The molecule has 0 aromatic heterocycles. The van der Waals surface area contributed by atoms with Gasteiger partial charge in [-0.15, -0.1) is 0 Å². The van der Waals surface area contributed by atoms with E-state index in [4.69, 9.17) is 37.9 Å². The molecule has 19 nitrogen and oxygen atoms in total. The van der Waals surface area contributed by atoms with Crippen molar-refractivity contribution in [2.24, 2.45) is 45.3 Å². The molecule has 19 heteroatoms. The first kappa shape index (κ1) is 57.9. The number of aliphatic hydroxyl groups excluding tert-OH is 9. The van der Waals surface area contributed by atoms with Gasteiger partial charge in [0.25, 0.3) is 0 Å². The molecule has 4 heterocycles. The van der Waals surface area contributed by atoms with E-state index in [9.17, 15) is 51.1 Å². The van der Waals surface area contributed by atoms with Gasteiger partial charge in [0.1, 0.15) is 42.4 Å². The van der Waals surface area contributed by atoms with Gasteiger partial charge < -0.3 is 89.0 Å². The lowest BCUT2D eigenvalue weighted by molar-refractivity contribution is -0.362. The third kappa shape index (κ3) is 11.2. The van der Waals surface area contributed by atoms with Gasteiger partial charge in [-0.25, -0.2) is 0 Å². The summed E-state index contributed by atoms with van der Waals surface area (Å²) in [6, 6.07) is 0. The summed E-state index contributed by atoms with van der Waals surface area (Å²) in [7, 11) is 0. The third-order valence-corrected chi connectivity index (χ3v) is 19.8. The molecule has 8 aliphatic rings. The highest BCUT2D eigenvalue weighted by Crippen LogP contribution is 2.74. The fraction of sp³-hybridized carbons (Fsp3) is 0.944. The number of carbonyl (C=O) groups excluding carboxylic acids is 1. The normalized spacial score (nSPS) is 48.0. The van der Waals surface area contributed by atoms with Crippen LogP contribution in [0.2, 0.25) is 0 Å². The van der Waals surface area contributed by atoms with Crippen LogP contribution in [0.3, 0.4) is 0 Å². The second-order valence-corrected chi connectivity index (χ2v) is 25.1. The number of aliphatic hydroxyl groups is 10.